The Morgan fingerprint density at radius 1 is 0.495 bits per heavy atom. The average Bonchev–Trinajstić information content (AvgIpc) is 0.849. The molecule has 4 heterocycles. The molecule has 16 rings (SSSR count). The molecule has 99 heavy (non-hydrogen) atoms. The maximum Gasteiger partial charge on any atom is 0.268 e. The number of hydrogen-bond donors (Lipinski definition) is 0. The fraction of sp³-hybridized carbons (Fsp3) is 0.217. The van der Waals surface area contributed by atoms with Gasteiger partial charge in [0.05, 0.1) is 42.8 Å². The van der Waals surface area contributed by atoms with Gasteiger partial charge in [-0.05, 0) is 174 Å². The first-order chi connectivity index (χ1) is 54.8. The van der Waals surface area contributed by atoms with E-state index in [-0.39, 0.29) is 48.6 Å². The zero-order valence-corrected chi connectivity index (χ0v) is 60.9. The Kier molecular flexibility index (Phi) is 11.4. The summed E-state index contributed by atoms with van der Waals surface area (Å²) in [5.74, 6) is 1.29. The van der Waals surface area contributed by atoms with Crippen molar-refractivity contribution in [1.29, 1.82) is 0 Å². The number of ether oxygens (including phenoxy) is 1. The van der Waals surface area contributed by atoms with Crippen molar-refractivity contribution in [2.24, 2.45) is 0 Å². The van der Waals surface area contributed by atoms with Gasteiger partial charge in [0.2, 0.25) is 0 Å². The van der Waals surface area contributed by atoms with Crippen LogP contribution in [0.5, 0.6) is 11.5 Å². The molecule has 14 aromatic rings. The van der Waals surface area contributed by atoms with E-state index in [1.807, 2.05) is 72.9 Å². The molecule has 2 aliphatic rings. The summed E-state index contributed by atoms with van der Waals surface area (Å²) in [6, 6.07) is 29.8. The first kappa shape index (κ1) is 46.7. The van der Waals surface area contributed by atoms with Crippen LogP contribution in [0, 0.1) is 18.5 Å². The molecule has 3 aromatic heterocycles. The zero-order valence-electron chi connectivity index (χ0n) is 76.6. The molecule has 0 spiro atoms. The van der Waals surface area contributed by atoms with Crippen LogP contribution in [0.4, 0.5) is 0 Å². The number of pyridine rings is 1. The SMILES string of the molecule is [2H]c1c([2H])c([2H])c([Si](c2c([2H])c([2H])c([2H])c([2H])c2[2H])(c2c([2H])c([2H])c([2H])c([2H])c2[2H])c2c([2H])c([2H])c([2H])c(-c3cc4c5c(c3)n(-c3[c-]c(Oc6[c-]c7c(cc6)c6ccccc6n7-c6cc(C(C)(C)C)ccn6)ccc3)[c-][n+]5-c3c(cc(C(C)(C)C)cc3C(C)(C)C)-c3cc5c(cc3-c3ccccc3-4)C(C)(C)CCC5(C)C)c2[2H])c([2H])c1[2H].[Pt]. The summed E-state index contributed by atoms with van der Waals surface area (Å²) in [4.78, 5) is 4.91. The van der Waals surface area contributed by atoms with Crippen molar-refractivity contribution in [2.45, 2.75) is 130 Å². The van der Waals surface area contributed by atoms with E-state index in [4.69, 9.17) is 13.8 Å². The van der Waals surface area contributed by atoms with Crippen molar-refractivity contribution in [3.8, 4) is 73.2 Å². The summed E-state index contributed by atoms with van der Waals surface area (Å²) >= 11 is 0. The Hall–Kier alpha value is -9.45. The summed E-state index contributed by atoms with van der Waals surface area (Å²) < 4.78 is 198. The monoisotopic (exact) mass is 1500 g/mol. The van der Waals surface area contributed by atoms with E-state index in [9.17, 15) is 21.9 Å². The van der Waals surface area contributed by atoms with Crippen molar-refractivity contribution < 1.29 is 56.4 Å². The third-order valence-corrected chi connectivity index (χ3v) is 24.1. The molecule has 1 aliphatic heterocycles. The van der Waals surface area contributed by atoms with Crippen molar-refractivity contribution >= 4 is 61.7 Å². The average molecular weight is 1500 g/mol. The van der Waals surface area contributed by atoms with E-state index < -0.39 is 160 Å². The summed E-state index contributed by atoms with van der Waals surface area (Å²) in [5.41, 5.74) is 11.5. The number of fused-ring (bicyclic) bond motifs is 11. The Morgan fingerprint density at radius 3 is 1.71 bits per heavy atom. The molecule has 0 atom stereocenters. The standard InChI is InChI=1S/C92H84N4OSi.Pt/c1-88(2,3)62-45-48-93-85(54-62)96-82-42-26-25-41-73(82)74-44-43-66(56-83(74)96)97-65-31-28-30-64(55-65)94-59-95-86-78(52-63(89(4,5)6)53-81(86)90(7,8)9)76-58-80-79(91(10,11)46-47-92(80,12)13)57-75(76)71-39-23-24-40-72(71)77-50-61(51-84(94)87(77)95)60-29-27-38-70(49-60)98(67-32-17-14-18-33-67,68-34-19-15-20-35-68)69-36-21-16-22-37-69;/h14-45,48-54,57-58H,46-47H2,1-13H3;/q-2;/i14D,15D,16D,17D,18D,19D,20D,21D,22D,27D,29D,32D,33D,34D,35D,36D,37D,38D,49D;. The molecule has 0 amide bonds. The molecule has 7 heteroatoms. The van der Waals surface area contributed by atoms with E-state index in [2.05, 4.69) is 160 Å². The molecule has 0 unspecified atom stereocenters. The third kappa shape index (κ3) is 11.1. The second-order valence-corrected chi connectivity index (χ2v) is 33.9. The van der Waals surface area contributed by atoms with Gasteiger partial charge in [-0.15, -0.1) is 29.7 Å². The molecule has 5 nitrogen and oxygen atoms in total. The van der Waals surface area contributed by atoms with E-state index >= 15 is 0 Å². The number of benzene rings is 11. The first-order valence-electron chi connectivity index (χ1n) is 42.8. The smallest absolute Gasteiger partial charge is 0.268 e. The number of aromatic nitrogens is 4. The normalized spacial score (nSPS) is 16.8. The molecule has 1 aliphatic carbocycles. The van der Waals surface area contributed by atoms with Gasteiger partial charge >= 0.3 is 0 Å². The fourth-order valence-electron chi connectivity index (χ4n) is 14.7. The Morgan fingerprint density at radius 2 is 1.08 bits per heavy atom. The van der Waals surface area contributed by atoms with Crippen molar-refractivity contribution in [3.05, 3.63) is 295 Å². The van der Waals surface area contributed by atoms with Gasteiger partial charge in [-0.25, -0.2) is 4.98 Å². The predicted molar refractivity (Wildman–Crippen MR) is 410 cm³/mol. The molecule has 0 saturated carbocycles. The van der Waals surface area contributed by atoms with Gasteiger partial charge in [0.15, 0.2) is 8.07 Å². The Balaban J connectivity index is 0.0000109. The molecular formula is C92H84N4OPtSi-2. The second kappa shape index (κ2) is 24.2. The number of hydrogen-bond acceptors (Lipinski definition) is 2. The molecule has 494 valence electrons. The second-order valence-electron chi connectivity index (χ2n) is 30.4. The van der Waals surface area contributed by atoms with Crippen LogP contribution in [0.15, 0.2) is 248 Å². The van der Waals surface area contributed by atoms with E-state index in [1.165, 1.54) is 11.1 Å². The number of imidazole rings is 1. The fourth-order valence-corrected chi connectivity index (χ4v) is 18.2. The van der Waals surface area contributed by atoms with Crippen LogP contribution in [0.2, 0.25) is 0 Å². The topological polar surface area (TPSA) is 35.9 Å². The summed E-state index contributed by atoms with van der Waals surface area (Å²) in [6.45, 7) is 28.8. The maximum absolute atomic E-state index is 11.2. The van der Waals surface area contributed by atoms with Crippen LogP contribution < -0.4 is 30.1 Å². The van der Waals surface area contributed by atoms with Crippen molar-refractivity contribution in [1.82, 2.24) is 14.1 Å². The van der Waals surface area contributed by atoms with Crippen LogP contribution in [-0.4, -0.2) is 22.2 Å². The molecule has 0 saturated heterocycles. The van der Waals surface area contributed by atoms with Crippen molar-refractivity contribution in [3.63, 3.8) is 0 Å². The van der Waals surface area contributed by atoms with Gasteiger partial charge in [0, 0.05) is 44.3 Å². The molecule has 0 bridgehead atoms. The number of rotatable bonds is 9. The van der Waals surface area contributed by atoms with Gasteiger partial charge in [0.25, 0.3) is 6.33 Å². The van der Waals surface area contributed by atoms with E-state index in [0.717, 1.165) is 73.8 Å². The predicted octanol–water partition coefficient (Wildman–Crippen LogP) is 20.2. The van der Waals surface area contributed by atoms with Crippen LogP contribution in [0.25, 0.3) is 94.5 Å². The summed E-state index contributed by atoms with van der Waals surface area (Å²) in [6.07, 6.45) is 7.54. The van der Waals surface area contributed by atoms with E-state index in [0.29, 0.717) is 44.9 Å². The van der Waals surface area contributed by atoms with Crippen LogP contribution in [0.1, 0.15) is 157 Å². The largest absolute Gasteiger partial charge is 0.510 e. The van der Waals surface area contributed by atoms with Crippen LogP contribution in [-0.2, 0) is 48.1 Å². The zero-order chi connectivity index (χ0) is 84.4. The number of para-hydroxylation sites is 1. The molecule has 0 radical (unpaired) electrons. The summed E-state index contributed by atoms with van der Waals surface area (Å²) in [7, 11) is -6.30. The van der Waals surface area contributed by atoms with Gasteiger partial charge in [-0.3, -0.25) is 4.57 Å². The van der Waals surface area contributed by atoms with Crippen LogP contribution in [0.3, 0.4) is 0 Å². The minimum atomic E-state index is -6.30. The third-order valence-electron chi connectivity index (χ3n) is 20.1. The van der Waals surface area contributed by atoms with Gasteiger partial charge in [-0.1, -0.05) is 277 Å². The summed E-state index contributed by atoms with van der Waals surface area (Å²) in [5, 5.41) is -1.82. The van der Waals surface area contributed by atoms with Gasteiger partial charge < -0.3 is 13.9 Å². The molecular weight excluding hydrogens is 1400 g/mol. The minimum absolute atomic E-state index is 0. The van der Waals surface area contributed by atoms with Gasteiger partial charge in [-0.2, -0.15) is 18.2 Å². The van der Waals surface area contributed by atoms with Crippen molar-refractivity contribution in [2.75, 3.05) is 0 Å². The molecule has 0 N–H and O–H groups in total. The molecule has 11 aromatic carbocycles. The Bertz CT molecular complexity index is 6450. The van der Waals surface area contributed by atoms with E-state index in [1.54, 1.807) is 22.8 Å². The van der Waals surface area contributed by atoms with Gasteiger partial charge in [0.1, 0.15) is 5.82 Å². The first-order valence-corrected chi connectivity index (χ1v) is 35.3. The maximum atomic E-state index is 11.2. The van der Waals surface area contributed by atoms with Crippen LogP contribution >= 0.6 is 0 Å². The number of nitrogens with zero attached hydrogens (tertiary/aromatic N) is 4. The quantitative estimate of drug-likeness (QED) is 0.0625. The minimum Gasteiger partial charge on any atom is -0.510 e. The molecule has 0 fully saturated rings. The Labute approximate surface area is 626 Å².